The Balaban J connectivity index is 1.60. The van der Waals surface area contributed by atoms with Crippen LogP contribution in [0.5, 0.6) is 0 Å². The Hall–Kier alpha value is -3.32. The van der Waals surface area contributed by atoms with Crippen molar-refractivity contribution in [2.45, 2.75) is 37.7 Å². The van der Waals surface area contributed by atoms with Crippen molar-refractivity contribution >= 4 is 23.4 Å². The smallest absolute Gasteiger partial charge is 0.237 e. The van der Waals surface area contributed by atoms with Gasteiger partial charge in [0.15, 0.2) is 11.0 Å². The number of carbonyl (C=O) groups excluding carboxylic acids is 1. The standard InChI is InChI=1S/C24H24N4O2S/c1-16-9-7-8-12-21(16)25-23(29)18(3)31-24-27-26-22(20-13-14-30-17(20)2)28(24)15-19-10-5-4-6-11-19/h4-14,18H,15H2,1-3H3,(H,25,29). The van der Waals surface area contributed by atoms with E-state index in [-0.39, 0.29) is 11.2 Å². The lowest BCUT2D eigenvalue weighted by molar-refractivity contribution is -0.115. The highest BCUT2D eigenvalue weighted by molar-refractivity contribution is 8.00. The normalized spacial score (nSPS) is 12.0. The SMILES string of the molecule is Cc1ccccc1NC(=O)C(C)Sc1nnc(-c2ccoc2C)n1Cc1ccccc1. The topological polar surface area (TPSA) is 73.0 Å². The first-order valence-electron chi connectivity index (χ1n) is 10.1. The van der Waals surface area contributed by atoms with Crippen molar-refractivity contribution in [2.75, 3.05) is 5.32 Å². The molecule has 1 amide bonds. The summed E-state index contributed by atoms with van der Waals surface area (Å²) in [6.45, 7) is 6.36. The summed E-state index contributed by atoms with van der Waals surface area (Å²) in [5.41, 5.74) is 3.87. The minimum atomic E-state index is -0.350. The molecule has 0 fully saturated rings. The van der Waals surface area contributed by atoms with E-state index in [0.29, 0.717) is 11.7 Å². The predicted octanol–water partition coefficient (Wildman–Crippen LogP) is 5.32. The Morgan fingerprint density at radius 2 is 1.81 bits per heavy atom. The molecule has 158 valence electrons. The van der Waals surface area contributed by atoms with Crippen LogP contribution >= 0.6 is 11.8 Å². The number of benzene rings is 2. The van der Waals surface area contributed by atoms with Crippen LogP contribution in [0.1, 0.15) is 23.8 Å². The number of para-hydroxylation sites is 1. The van der Waals surface area contributed by atoms with Crippen LogP contribution in [-0.4, -0.2) is 25.9 Å². The first kappa shape index (κ1) is 20.9. The van der Waals surface area contributed by atoms with Gasteiger partial charge in [0.1, 0.15) is 5.76 Å². The highest BCUT2D eigenvalue weighted by Crippen LogP contribution is 2.30. The van der Waals surface area contributed by atoms with Gasteiger partial charge in [-0.25, -0.2) is 0 Å². The zero-order valence-electron chi connectivity index (χ0n) is 17.7. The Kier molecular flexibility index (Phi) is 6.23. The molecule has 0 bridgehead atoms. The molecule has 2 heterocycles. The van der Waals surface area contributed by atoms with Crippen LogP contribution in [0, 0.1) is 13.8 Å². The van der Waals surface area contributed by atoms with Crippen molar-refractivity contribution in [3.63, 3.8) is 0 Å². The number of hydrogen-bond donors (Lipinski definition) is 1. The maximum absolute atomic E-state index is 12.8. The molecule has 4 aromatic rings. The number of anilines is 1. The minimum absolute atomic E-state index is 0.0744. The second kappa shape index (κ2) is 9.22. The van der Waals surface area contributed by atoms with Gasteiger partial charge in [-0.3, -0.25) is 9.36 Å². The molecule has 0 saturated carbocycles. The Morgan fingerprint density at radius 3 is 2.52 bits per heavy atom. The van der Waals surface area contributed by atoms with E-state index < -0.39 is 0 Å². The number of furan rings is 1. The predicted molar refractivity (Wildman–Crippen MR) is 123 cm³/mol. The number of nitrogens with zero attached hydrogens (tertiary/aromatic N) is 3. The van der Waals surface area contributed by atoms with Crippen molar-refractivity contribution in [1.29, 1.82) is 0 Å². The third kappa shape index (κ3) is 4.72. The monoisotopic (exact) mass is 432 g/mol. The molecule has 2 aromatic carbocycles. The lowest BCUT2D eigenvalue weighted by atomic mass is 10.2. The number of amides is 1. The highest BCUT2D eigenvalue weighted by atomic mass is 32.2. The van der Waals surface area contributed by atoms with Gasteiger partial charge in [-0.05, 0) is 44.0 Å². The zero-order chi connectivity index (χ0) is 21.8. The molecule has 0 radical (unpaired) electrons. The summed E-state index contributed by atoms with van der Waals surface area (Å²) in [5, 5.41) is 12.2. The van der Waals surface area contributed by atoms with Crippen molar-refractivity contribution in [3.05, 3.63) is 83.8 Å². The van der Waals surface area contributed by atoms with Crippen LogP contribution in [0.3, 0.4) is 0 Å². The van der Waals surface area contributed by atoms with Crippen LogP contribution in [0.2, 0.25) is 0 Å². The highest BCUT2D eigenvalue weighted by Gasteiger charge is 2.22. The van der Waals surface area contributed by atoms with E-state index in [2.05, 4.69) is 27.6 Å². The average Bonchev–Trinajstić information content (AvgIpc) is 3.36. The number of hydrogen-bond acceptors (Lipinski definition) is 5. The summed E-state index contributed by atoms with van der Waals surface area (Å²) < 4.78 is 7.52. The molecule has 4 rings (SSSR count). The van der Waals surface area contributed by atoms with Gasteiger partial charge in [0.05, 0.1) is 23.6 Å². The number of thioether (sulfide) groups is 1. The number of rotatable bonds is 7. The van der Waals surface area contributed by atoms with Crippen LogP contribution in [-0.2, 0) is 11.3 Å². The number of carbonyl (C=O) groups is 1. The van der Waals surface area contributed by atoms with Crippen molar-refractivity contribution in [2.24, 2.45) is 0 Å². The Bertz CT molecular complexity index is 1180. The van der Waals surface area contributed by atoms with E-state index in [0.717, 1.165) is 34.0 Å². The molecule has 6 nitrogen and oxygen atoms in total. The molecule has 1 unspecified atom stereocenters. The maximum Gasteiger partial charge on any atom is 0.237 e. The molecule has 1 atom stereocenters. The molecular formula is C24H24N4O2S. The van der Waals surface area contributed by atoms with Crippen LogP contribution in [0.4, 0.5) is 5.69 Å². The average molecular weight is 433 g/mol. The van der Waals surface area contributed by atoms with Crippen molar-refractivity contribution in [3.8, 4) is 11.4 Å². The van der Waals surface area contributed by atoms with E-state index in [9.17, 15) is 4.79 Å². The van der Waals surface area contributed by atoms with Gasteiger partial charge in [-0.1, -0.05) is 60.3 Å². The fraction of sp³-hybridized carbons (Fsp3) is 0.208. The summed E-state index contributed by atoms with van der Waals surface area (Å²) in [4.78, 5) is 12.8. The third-order valence-electron chi connectivity index (χ3n) is 5.05. The largest absolute Gasteiger partial charge is 0.469 e. The number of aromatic nitrogens is 3. The van der Waals surface area contributed by atoms with Crippen LogP contribution in [0.15, 0.2) is 76.5 Å². The number of aryl methyl sites for hydroxylation is 2. The summed E-state index contributed by atoms with van der Waals surface area (Å²) in [6, 6.07) is 19.8. The first-order valence-corrected chi connectivity index (χ1v) is 11.0. The van der Waals surface area contributed by atoms with Gasteiger partial charge in [-0.2, -0.15) is 0 Å². The lowest BCUT2D eigenvalue weighted by Crippen LogP contribution is -2.23. The molecule has 2 aromatic heterocycles. The Morgan fingerprint density at radius 1 is 1.06 bits per heavy atom. The molecular weight excluding hydrogens is 408 g/mol. The minimum Gasteiger partial charge on any atom is -0.469 e. The molecule has 0 saturated heterocycles. The quantitative estimate of drug-likeness (QED) is 0.400. The van der Waals surface area contributed by atoms with Crippen LogP contribution in [0.25, 0.3) is 11.4 Å². The van der Waals surface area contributed by atoms with E-state index in [4.69, 9.17) is 4.42 Å². The van der Waals surface area contributed by atoms with E-state index in [1.807, 2.05) is 73.9 Å². The summed E-state index contributed by atoms with van der Waals surface area (Å²) >= 11 is 1.39. The van der Waals surface area contributed by atoms with Crippen molar-refractivity contribution in [1.82, 2.24) is 14.8 Å². The summed E-state index contributed by atoms with van der Waals surface area (Å²) in [6.07, 6.45) is 1.65. The fourth-order valence-electron chi connectivity index (χ4n) is 3.26. The van der Waals surface area contributed by atoms with Gasteiger partial charge >= 0.3 is 0 Å². The first-order chi connectivity index (χ1) is 15.0. The molecule has 0 aliphatic heterocycles. The van der Waals surface area contributed by atoms with Crippen LogP contribution < -0.4 is 5.32 Å². The third-order valence-corrected chi connectivity index (χ3v) is 6.13. The second-order valence-electron chi connectivity index (χ2n) is 7.33. The Labute approximate surface area is 185 Å². The maximum atomic E-state index is 12.8. The molecule has 7 heteroatoms. The molecule has 31 heavy (non-hydrogen) atoms. The molecule has 0 aliphatic carbocycles. The lowest BCUT2D eigenvalue weighted by Gasteiger charge is -2.15. The van der Waals surface area contributed by atoms with E-state index in [1.165, 1.54) is 11.8 Å². The summed E-state index contributed by atoms with van der Waals surface area (Å²) in [7, 11) is 0. The van der Waals surface area contributed by atoms with Gasteiger partial charge in [-0.15, -0.1) is 10.2 Å². The fourth-order valence-corrected chi connectivity index (χ4v) is 4.11. The van der Waals surface area contributed by atoms with Crippen molar-refractivity contribution < 1.29 is 9.21 Å². The van der Waals surface area contributed by atoms with Gasteiger partial charge in [0, 0.05) is 5.69 Å². The zero-order valence-corrected chi connectivity index (χ0v) is 18.5. The molecule has 1 N–H and O–H groups in total. The summed E-state index contributed by atoms with van der Waals surface area (Å²) in [5.74, 6) is 1.43. The molecule has 0 spiro atoms. The molecule has 0 aliphatic rings. The second-order valence-corrected chi connectivity index (χ2v) is 8.64. The van der Waals surface area contributed by atoms with Gasteiger partial charge < -0.3 is 9.73 Å². The van der Waals surface area contributed by atoms with E-state index in [1.54, 1.807) is 6.26 Å². The number of nitrogens with one attached hydrogen (secondary N) is 1. The van der Waals surface area contributed by atoms with Gasteiger partial charge in [0.2, 0.25) is 5.91 Å². The van der Waals surface area contributed by atoms with Gasteiger partial charge in [0.25, 0.3) is 0 Å². The van der Waals surface area contributed by atoms with E-state index >= 15 is 0 Å².